The average Bonchev–Trinajstić information content (AvgIpc) is 1.86. The number of carbonyl (C=O) groups excluding carboxylic acids is 1. The predicted octanol–water partition coefficient (Wildman–Crippen LogP) is 1.23. The third kappa shape index (κ3) is 7.81. The number of hydrogen-bond acceptors (Lipinski definition) is 2. The van der Waals surface area contributed by atoms with E-state index in [9.17, 15) is 4.79 Å². The molecule has 0 heterocycles. The molecule has 0 radical (unpaired) electrons. The molecule has 1 unspecified atom stereocenters. The van der Waals surface area contributed by atoms with Crippen LogP contribution in [0.2, 0.25) is 0 Å². The molecule has 0 aliphatic carbocycles. The molecule has 2 N–H and O–H groups in total. The van der Waals surface area contributed by atoms with Gasteiger partial charge >= 0.3 is 6.03 Å². The molecule has 3 nitrogen and oxygen atoms in total. The Bertz CT molecular complexity index is 121. The van der Waals surface area contributed by atoms with E-state index in [4.69, 9.17) is 11.6 Å². The van der Waals surface area contributed by atoms with Gasteiger partial charge in [0, 0.05) is 12.3 Å². The van der Waals surface area contributed by atoms with E-state index in [1.165, 1.54) is 0 Å². The lowest BCUT2D eigenvalue weighted by atomic mass is 10.7. The Morgan fingerprint density at radius 3 is 2.82 bits per heavy atom. The molecule has 0 aliphatic rings. The van der Waals surface area contributed by atoms with E-state index in [0.717, 1.165) is 5.75 Å². The molecule has 5 heteroatoms. The number of nitrogens with one attached hydrogen (secondary N) is 2. The normalized spacial score (nSPS) is 12.3. The maximum Gasteiger partial charge on any atom is 0.315 e. The van der Waals surface area contributed by atoms with E-state index in [1.54, 1.807) is 18.7 Å². The Kier molecular flexibility index (Phi) is 6.56. The summed E-state index contributed by atoms with van der Waals surface area (Å²) in [7, 11) is 0. The van der Waals surface area contributed by atoms with Crippen molar-refractivity contribution in [1.82, 2.24) is 10.6 Å². The van der Waals surface area contributed by atoms with Crippen LogP contribution in [0.1, 0.15) is 6.92 Å². The largest absolute Gasteiger partial charge is 0.337 e. The summed E-state index contributed by atoms with van der Waals surface area (Å²) < 4.78 is 0. The van der Waals surface area contributed by atoms with Crippen molar-refractivity contribution in [2.75, 3.05) is 18.6 Å². The van der Waals surface area contributed by atoms with E-state index in [0.29, 0.717) is 6.54 Å². The van der Waals surface area contributed by atoms with E-state index in [-0.39, 0.29) is 11.5 Å². The number of thioether (sulfide) groups is 1. The van der Waals surface area contributed by atoms with Gasteiger partial charge in [0.15, 0.2) is 0 Å². The zero-order valence-corrected chi connectivity index (χ0v) is 8.26. The summed E-state index contributed by atoms with van der Waals surface area (Å²) in [5.74, 6) is 0.921. The second kappa shape index (κ2) is 6.61. The first-order chi connectivity index (χ1) is 5.16. The molecule has 2 amide bonds. The van der Waals surface area contributed by atoms with E-state index in [2.05, 4.69) is 10.6 Å². The van der Waals surface area contributed by atoms with Gasteiger partial charge in [0.25, 0.3) is 0 Å². The summed E-state index contributed by atoms with van der Waals surface area (Å²) in [5, 5.41) is 5.17. The van der Waals surface area contributed by atoms with Crippen LogP contribution in [0.25, 0.3) is 0 Å². The summed E-state index contributed by atoms with van der Waals surface area (Å²) in [6.07, 6.45) is 1.99. The lowest BCUT2D eigenvalue weighted by molar-refractivity contribution is 0.241. The van der Waals surface area contributed by atoms with Crippen molar-refractivity contribution in [1.29, 1.82) is 0 Å². The zero-order chi connectivity index (χ0) is 8.69. The predicted molar refractivity (Wildman–Crippen MR) is 50.2 cm³/mol. The Labute approximate surface area is 76.3 Å². The molecule has 0 rings (SSSR count). The summed E-state index contributed by atoms with van der Waals surface area (Å²) in [6.45, 7) is 2.38. The number of hydrogen-bond donors (Lipinski definition) is 2. The molecule has 0 aliphatic heterocycles. The first-order valence-electron chi connectivity index (χ1n) is 3.34. The summed E-state index contributed by atoms with van der Waals surface area (Å²) >= 11 is 7.20. The quantitative estimate of drug-likeness (QED) is 0.404. The Balaban J connectivity index is 3.23. The van der Waals surface area contributed by atoms with Crippen molar-refractivity contribution in [3.63, 3.8) is 0 Å². The lowest BCUT2D eigenvalue weighted by Crippen LogP contribution is -2.39. The number of amides is 2. The summed E-state index contributed by atoms with van der Waals surface area (Å²) in [6, 6.07) is -0.207. The average molecular weight is 197 g/mol. The molecule has 0 fully saturated rings. The van der Waals surface area contributed by atoms with Crippen molar-refractivity contribution in [3.8, 4) is 0 Å². The molecule has 0 bridgehead atoms. The molecule has 11 heavy (non-hydrogen) atoms. The maximum absolute atomic E-state index is 10.8. The molecule has 1 atom stereocenters. The van der Waals surface area contributed by atoms with Gasteiger partial charge in [-0.05, 0) is 13.2 Å². The highest BCUT2D eigenvalue weighted by Gasteiger charge is 2.00. The third-order valence-electron chi connectivity index (χ3n) is 0.922. The minimum absolute atomic E-state index is 0.207. The fraction of sp³-hybridized carbons (Fsp3) is 0.833. The molecule has 0 spiro atoms. The monoisotopic (exact) mass is 196 g/mol. The lowest BCUT2D eigenvalue weighted by Gasteiger charge is -2.07. The summed E-state index contributed by atoms with van der Waals surface area (Å²) in [5.41, 5.74) is -0.315. The van der Waals surface area contributed by atoms with Gasteiger partial charge in [0.05, 0.1) is 0 Å². The van der Waals surface area contributed by atoms with Crippen LogP contribution < -0.4 is 10.6 Å². The van der Waals surface area contributed by atoms with Gasteiger partial charge in [-0.2, -0.15) is 11.8 Å². The van der Waals surface area contributed by atoms with Crippen LogP contribution >= 0.6 is 23.4 Å². The SMILES string of the molecule is CSCCNC(=O)NC(C)Cl. The number of rotatable bonds is 4. The van der Waals surface area contributed by atoms with E-state index in [1.807, 2.05) is 6.26 Å². The van der Waals surface area contributed by atoms with Gasteiger partial charge in [-0.15, -0.1) is 0 Å². The standard InChI is InChI=1S/C6H13ClN2OS/c1-5(7)9-6(10)8-3-4-11-2/h5H,3-4H2,1-2H3,(H2,8,9,10). The van der Waals surface area contributed by atoms with Crippen molar-refractivity contribution in [3.05, 3.63) is 0 Å². The maximum atomic E-state index is 10.8. The fourth-order valence-corrected chi connectivity index (χ4v) is 0.904. The Morgan fingerprint density at radius 2 is 2.36 bits per heavy atom. The van der Waals surface area contributed by atoms with Crippen LogP contribution in [-0.4, -0.2) is 30.1 Å². The number of urea groups is 1. The zero-order valence-electron chi connectivity index (χ0n) is 6.69. The first-order valence-corrected chi connectivity index (χ1v) is 5.17. The molecule has 0 saturated carbocycles. The van der Waals surface area contributed by atoms with Crippen LogP contribution in [0.3, 0.4) is 0 Å². The van der Waals surface area contributed by atoms with Crippen LogP contribution in [0.5, 0.6) is 0 Å². The highest BCUT2D eigenvalue weighted by molar-refractivity contribution is 7.98. The number of carbonyl (C=O) groups is 1. The first kappa shape index (κ1) is 10.9. The highest BCUT2D eigenvalue weighted by atomic mass is 35.5. The van der Waals surface area contributed by atoms with E-state index >= 15 is 0 Å². The smallest absolute Gasteiger partial charge is 0.315 e. The topological polar surface area (TPSA) is 41.1 Å². The minimum atomic E-state index is -0.315. The van der Waals surface area contributed by atoms with Crippen LogP contribution in [-0.2, 0) is 0 Å². The van der Waals surface area contributed by atoms with Gasteiger partial charge in [-0.25, -0.2) is 4.79 Å². The Morgan fingerprint density at radius 1 is 1.73 bits per heavy atom. The minimum Gasteiger partial charge on any atom is -0.337 e. The van der Waals surface area contributed by atoms with Gasteiger partial charge < -0.3 is 10.6 Å². The van der Waals surface area contributed by atoms with Crippen LogP contribution in [0, 0.1) is 0 Å². The van der Waals surface area contributed by atoms with Crippen molar-refractivity contribution >= 4 is 29.4 Å². The number of alkyl halides is 1. The van der Waals surface area contributed by atoms with Gasteiger partial charge in [-0.3, -0.25) is 0 Å². The molecule has 0 aromatic carbocycles. The third-order valence-corrected chi connectivity index (χ3v) is 1.64. The Hall–Kier alpha value is -0.0900. The molecule has 0 aromatic heterocycles. The highest BCUT2D eigenvalue weighted by Crippen LogP contribution is 1.88. The van der Waals surface area contributed by atoms with Crippen molar-refractivity contribution in [2.24, 2.45) is 0 Å². The molecule has 66 valence electrons. The van der Waals surface area contributed by atoms with Gasteiger partial charge in [-0.1, -0.05) is 11.6 Å². The number of halogens is 1. The summed E-state index contributed by atoms with van der Waals surface area (Å²) in [4.78, 5) is 10.8. The van der Waals surface area contributed by atoms with Gasteiger partial charge in [0.1, 0.15) is 5.50 Å². The van der Waals surface area contributed by atoms with Crippen LogP contribution in [0.15, 0.2) is 0 Å². The fourth-order valence-electron chi connectivity index (χ4n) is 0.498. The molecule has 0 saturated heterocycles. The molecule has 0 aromatic rings. The van der Waals surface area contributed by atoms with Crippen molar-refractivity contribution in [2.45, 2.75) is 12.4 Å². The van der Waals surface area contributed by atoms with Crippen molar-refractivity contribution < 1.29 is 4.79 Å². The van der Waals surface area contributed by atoms with Gasteiger partial charge in [0.2, 0.25) is 0 Å². The molecular formula is C6H13ClN2OS. The van der Waals surface area contributed by atoms with Crippen LogP contribution in [0.4, 0.5) is 4.79 Å². The second-order valence-corrected chi connectivity index (χ2v) is 3.65. The second-order valence-electron chi connectivity index (χ2n) is 2.01. The molecular weight excluding hydrogens is 184 g/mol. The van der Waals surface area contributed by atoms with E-state index < -0.39 is 0 Å².